The highest BCUT2D eigenvalue weighted by Crippen LogP contribution is 2.17. The highest BCUT2D eigenvalue weighted by atomic mass is 16.5. The maximum atomic E-state index is 13.2. The second-order valence-electron chi connectivity index (χ2n) is 8.36. The van der Waals surface area contributed by atoms with E-state index in [1.165, 1.54) is 0 Å². The number of carbonyl (C=O) groups is 3. The Bertz CT molecular complexity index is 708. The normalized spacial score (nSPS) is 18.4. The summed E-state index contributed by atoms with van der Waals surface area (Å²) in [6, 6.07) is 8.71. The Labute approximate surface area is 179 Å². The smallest absolute Gasteiger partial charge is 0.408 e. The molecule has 7 heteroatoms. The molecule has 0 spiro atoms. The molecule has 1 aliphatic rings. The summed E-state index contributed by atoms with van der Waals surface area (Å²) in [5, 5.41) is 5.79. The molecule has 3 atom stereocenters. The number of nitrogens with zero attached hydrogens (tertiary/aromatic N) is 1. The van der Waals surface area contributed by atoms with Crippen LogP contribution in [0.1, 0.15) is 52.5 Å². The molecule has 1 aromatic rings. The van der Waals surface area contributed by atoms with Gasteiger partial charge < -0.3 is 20.3 Å². The Morgan fingerprint density at radius 3 is 2.50 bits per heavy atom. The first kappa shape index (κ1) is 23.7. The molecule has 1 saturated heterocycles. The van der Waals surface area contributed by atoms with Crippen molar-refractivity contribution in [3.8, 4) is 0 Å². The second-order valence-corrected chi connectivity index (χ2v) is 8.36. The first-order chi connectivity index (χ1) is 14.3. The Kier molecular flexibility index (Phi) is 9.15. The molecule has 0 saturated carbocycles. The van der Waals surface area contributed by atoms with Crippen molar-refractivity contribution in [3.63, 3.8) is 0 Å². The Hall–Kier alpha value is -2.57. The van der Waals surface area contributed by atoms with Gasteiger partial charge >= 0.3 is 6.09 Å². The van der Waals surface area contributed by atoms with Gasteiger partial charge in [0.05, 0.1) is 0 Å². The van der Waals surface area contributed by atoms with Crippen LogP contribution in [0.25, 0.3) is 0 Å². The third-order valence-corrected chi connectivity index (χ3v) is 5.57. The van der Waals surface area contributed by atoms with E-state index in [9.17, 15) is 14.4 Å². The number of piperidine rings is 1. The van der Waals surface area contributed by atoms with Crippen LogP contribution in [0.4, 0.5) is 4.79 Å². The number of hydrogen-bond donors (Lipinski definition) is 2. The second kappa shape index (κ2) is 11.6. The van der Waals surface area contributed by atoms with Crippen LogP contribution in [0.5, 0.6) is 0 Å². The number of benzene rings is 1. The van der Waals surface area contributed by atoms with Crippen molar-refractivity contribution in [3.05, 3.63) is 35.9 Å². The molecular weight excluding hydrogens is 382 g/mol. The van der Waals surface area contributed by atoms with Crippen molar-refractivity contribution in [1.29, 1.82) is 0 Å². The van der Waals surface area contributed by atoms with E-state index in [1.54, 1.807) is 4.90 Å². The van der Waals surface area contributed by atoms with Gasteiger partial charge in [-0.2, -0.15) is 0 Å². The summed E-state index contributed by atoms with van der Waals surface area (Å²) in [5.74, 6) is -0.253. The van der Waals surface area contributed by atoms with E-state index in [0.29, 0.717) is 13.1 Å². The lowest BCUT2D eigenvalue weighted by molar-refractivity contribution is -0.137. The van der Waals surface area contributed by atoms with Crippen molar-refractivity contribution in [2.24, 2.45) is 11.8 Å². The molecule has 166 valence electrons. The molecule has 1 heterocycles. The van der Waals surface area contributed by atoms with Crippen LogP contribution >= 0.6 is 0 Å². The molecule has 0 aliphatic carbocycles. The number of amides is 3. The minimum absolute atomic E-state index is 0.00427. The van der Waals surface area contributed by atoms with Gasteiger partial charge in [0.2, 0.25) is 11.8 Å². The summed E-state index contributed by atoms with van der Waals surface area (Å²) in [5.41, 5.74) is 0.888. The highest BCUT2D eigenvalue weighted by molar-refractivity contribution is 5.86. The summed E-state index contributed by atoms with van der Waals surface area (Å²) in [4.78, 5) is 39.3. The molecule has 1 aliphatic heterocycles. The Morgan fingerprint density at radius 1 is 1.17 bits per heavy atom. The fourth-order valence-corrected chi connectivity index (χ4v) is 3.43. The third-order valence-electron chi connectivity index (χ3n) is 5.57. The fourth-order valence-electron chi connectivity index (χ4n) is 3.43. The van der Waals surface area contributed by atoms with Gasteiger partial charge in [-0.3, -0.25) is 9.59 Å². The number of rotatable bonds is 8. The van der Waals surface area contributed by atoms with Crippen LogP contribution in [0.15, 0.2) is 30.3 Å². The van der Waals surface area contributed by atoms with Crippen molar-refractivity contribution < 1.29 is 19.1 Å². The van der Waals surface area contributed by atoms with Gasteiger partial charge in [0.1, 0.15) is 12.6 Å². The summed E-state index contributed by atoms with van der Waals surface area (Å²) in [6.45, 7) is 8.88. The van der Waals surface area contributed by atoms with Gasteiger partial charge in [-0.1, -0.05) is 64.4 Å². The number of alkyl carbamates (subject to hydrolysis) is 1. The maximum absolute atomic E-state index is 13.2. The van der Waals surface area contributed by atoms with E-state index in [-0.39, 0.29) is 36.3 Å². The zero-order valence-electron chi connectivity index (χ0n) is 18.5. The van der Waals surface area contributed by atoms with Crippen molar-refractivity contribution in [2.75, 3.05) is 13.1 Å². The molecule has 30 heavy (non-hydrogen) atoms. The van der Waals surface area contributed by atoms with Gasteiger partial charge in [-0.15, -0.1) is 0 Å². The van der Waals surface area contributed by atoms with Crippen LogP contribution in [-0.4, -0.2) is 48.0 Å². The summed E-state index contributed by atoms with van der Waals surface area (Å²) in [7, 11) is 0. The van der Waals surface area contributed by atoms with Crippen LogP contribution in [0.2, 0.25) is 0 Å². The number of nitrogens with one attached hydrogen (secondary N) is 2. The summed E-state index contributed by atoms with van der Waals surface area (Å²) < 4.78 is 5.31. The summed E-state index contributed by atoms with van der Waals surface area (Å²) >= 11 is 0. The topological polar surface area (TPSA) is 87.7 Å². The molecule has 0 bridgehead atoms. The molecule has 1 aromatic carbocycles. The van der Waals surface area contributed by atoms with Gasteiger partial charge in [0.15, 0.2) is 0 Å². The number of hydrogen-bond acceptors (Lipinski definition) is 4. The molecule has 1 unspecified atom stereocenters. The van der Waals surface area contributed by atoms with E-state index in [2.05, 4.69) is 10.6 Å². The van der Waals surface area contributed by atoms with Crippen molar-refractivity contribution in [1.82, 2.24) is 15.5 Å². The highest BCUT2D eigenvalue weighted by Gasteiger charge is 2.33. The van der Waals surface area contributed by atoms with Crippen molar-refractivity contribution in [2.45, 2.75) is 65.6 Å². The molecule has 2 N–H and O–H groups in total. The lowest BCUT2D eigenvalue weighted by Gasteiger charge is -2.36. The zero-order chi connectivity index (χ0) is 22.1. The summed E-state index contributed by atoms with van der Waals surface area (Å²) in [6.07, 6.45) is 1.82. The maximum Gasteiger partial charge on any atom is 0.408 e. The van der Waals surface area contributed by atoms with Crippen LogP contribution < -0.4 is 10.6 Å². The van der Waals surface area contributed by atoms with Gasteiger partial charge in [0, 0.05) is 25.0 Å². The lowest BCUT2D eigenvalue weighted by Crippen LogP contribution is -2.57. The van der Waals surface area contributed by atoms with Crippen LogP contribution in [0, 0.1) is 11.8 Å². The predicted octanol–water partition coefficient (Wildman–Crippen LogP) is 3.09. The number of likely N-dealkylation sites (tertiary alicyclic amines) is 1. The monoisotopic (exact) mass is 417 g/mol. The number of carbonyl (C=O) groups excluding carboxylic acids is 3. The molecule has 7 nitrogen and oxygen atoms in total. The lowest BCUT2D eigenvalue weighted by atomic mass is 9.96. The number of ether oxygens (including phenoxy) is 1. The van der Waals surface area contributed by atoms with E-state index in [1.807, 2.05) is 58.0 Å². The Morgan fingerprint density at radius 2 is 1.87 bits per heavy atom. The first-order valence-corrected chi connectivity index (χ1v) is 10.9. The molecular formula is C23H35N3O4. The Balaban J connectivity index is 1.96. The first-order valence-electron chi connectivity index (χ1n) is 10.9. The molecule has 1 fully saturated rings. The van der Waals surface area contributed by atoms with Gasteiger partial charge in [0.25, 0.3) is 0 Å². The van der Waals surface area contributed by atoms with E-state index in [4.69, 9.17) is 4.74 Å². The van der Waals surface area contributed by atoms with E-state index < -0.39 is 12.1 Å². The predicted molar refractivity (Wildman–Crippen MR) is 116 cm³/mol. The average molecular weight is 418 g/mol. The largest absolute Gasteiger partial charge is 0.445 e. The van der Waals surface area contributed by atoms with E-state index >= 15 is 0 Å². The van der Waals surface area contributed by atoms with Gasteiger partial charge in [-0.05, 0) is 24.3 Å². The van der Waals surface area contributed by atoms with Crippen LogP contribution in [-0.2, 0) is 20.9 Å². The molecule has 0 radical (unpaired) electrons. The fraction of sp³-hybridized carbons (Fsp3) is 0.609. The molecule has 3 amide bonds. The SMILES string of the molecule is CC[C@H](C)[C@H](NC(=O)OCc1ccccc1)C(=O)N1CCCC(NC(=O)C(C)C)C1. The standard InChI is InChI=1S/C23H35N3O4/c1-5-17(4)20(25-23(29)30-15-18-10-7-6-8-11-18)22(28)26-13-9-12-19(14-26)24-21(27)16(2)3/h6-8,10-11,16-17,19-20H,5,9,12-15H2,1-4H3,(H,24,27)(H,25,29)/t17-,19?,20-/m0/s1. The van der Waals surface area contributed by atoms with E-state index in [0.717, 1.165) is 24.8 Å². The quantitative estimate of drug-likeness (QED) is 0.680. The van der Waals surface area contributed by atoms with Crippen molar-refractivity contribution >= 4 is 17.9 Å². The van der Waals surface area contributed by atoms with Crippen LogP contribution in [0.3, 0.4) is 0 Å². The minimum Gasteiger partial charge on any atom is -0.445 e. The zero-order valence-corrected chi connectivity index (χ0v) is 18.5. The average Bonchev–Trinajstić information content (AvgIpc) is 2.75. The molecule has 0 aromatic heterocycles. The third kappa shape index (κ3) is 7.04. The minimum atomic E-state index is -0.655. The van der Waals surface area contributed by atoms with Gasteiger partial charge in [-0.25, -0.2) is 4.79 Å². The molecule has 2 rings (SSSR count).